The molecule has 0 bridgehead atoms. The molecule has 1 saturated carbocycles. The van der Waals surface area contributed by atoms with Gasteiger partial charge in [-0.3, -0.25) is 4.90 Å². The van der Waals surface area contributed by atoms with Gasteiger partial charge < -0.3 is 5.32 Å². The lowest BCUT2D eigenvalue weighted by molar-refractivity contribution is 0.00694. The van der Waals surface area contributed by atoms with E-state index in [1.54, 1.807) is 0 Å². The lowest BCUT2D eigenvalue weighted by Gasteiger charge is -2.51. The van der Waals surface area contributed by atoms with E-state index in [1.807, 2.05) is 0 Å². The van der Waals surface area contributed by atoms with Crippen LogP contribution in [0.3, 0.4) is 0 Å². The zero-order valence-corrected chi connectivity index (χ0v) is 11.7. The maximum absolute atomic E-state index is 12.8. The van der Waals surface area contributed by atoms with Gasteiger partial charge in [-0.2, -0.15) is 0 Å². The van der Waals surface area contributed by atoms with Gasteiger partial charge in [0.1, 0.15) is 6.67 Å². The normalized spacial score (nSPS) is 36.2. The number of halogens is 1. The minimum atomic E-state index is -0.223. The van der Waals surface area contributed by atoms with Crippen LogP contribution in [0.5, 0.6) is 0 Å². The van der Waals surface area contributed by atoms with Crippen LogP contribution in [0.1, 0.15) is 40.5 Å². The molecule has 1 N–H and O–H groups in total. The Labute approximate surface area is 105 Å². The Morgan fingerprint density at radius 1 is 1.35 bits per heavy atom. The monoisotopic (exact) mass is 242 g/mol. The molecule has 0 aromatic carbocycles. The van der Waals surface area contributed by atoms with Crippen LogP contribution in [-0.2, 0) is 0 Å². The molecule has 0 amide bonds. The fourth-order valence-electron chi connectivity index (χ4n) is 3.07. The number of nitrogens with zero attached hydrogens (tertiary/aromatic N) is 1. The fourth-order valence-corrected chi connectivity index (χ4v) is 3.07. The Bertz CT molecular complexity index is 270. The van der Waals surface area contributed by atoms with Gasteiger partial charge in [-0.25, -0.2) is 4.39 Å². The van der Waals surface area contributed by atoms with E-state index in [0.29, 0.717) is 12.6 Å². The van der Waals surface area contributed by atoms with Crippen LogP contribution in [0, 0.1) is 11.3 Å². The Morgan fingerprint density at radius 3 is 2.47 bits per heavy atom. The zero-order chi connectivity index (χ0) is 12.7. The van der Waals surface area contributed by atoms with Gasteiger partial charge in [-0.1, -0.05) is 20.8 Å². The van der Waals surface area contributed by atoms with Crippen molar-refractivity contribution in [2.75, 3.05) is 26.3 Å². The highest BCUT2D eigenvalue weighted by atomic mass is 19.1. The first-order valence-electron chi connectivity index (χ1n) is 6.92. The lowest BCUT2D eigenvalue weighted by atomic mass is 9.81. The van der Waals surface area contributed by atoms with Gasteiger partial charge >= 0.3 is 0 Å². The summed E-state index contributed by atoms with van der Waals surface area (Å²) in [7, 11) is 0. The van der Waals surface area contributed by atoms with E-state index >= 15 is 0 Å². The minimum absolute atomic E-state index is 0.188. The van der Waals surface area contributed by atoms with Crippen molar-refractivity contribution in [1.82, 2.24) is 10.2 Å². The van der Waals surface area contributed by atoms with E-state index in [9.17, 15) is 4.39 Å². The van der Waals surface area contributed by atoms with Crippen LogP contribution in [0.4, 0.5) is 4.39 Å². The standard InChI is InChI=1S/C14H27FN2/c1-13(2,3)12-9-17(8-7-15)14(4,10-16-12)11-5-6-11/h11-12,16H,5-10H2,1-4H3. The Kier molecular flexibility index (Phi) is 3.52. The van der Waals surface area contributed by atoms with E-state index in [4.69, 9.17) is 0 Å². The van der Waals surface area contributed by atoms with Crippen molar-refractivity contribution in [3.8, 4) is 0 Å². The summed E-state index contributed by atoms with van der Waals surface area (Å²) in [5.74, 6) is 0.780. The maximum Gasteiger partial charge on any atom is 0.102 e. The molecule has 0 aromatic rings. The van der Waals surface area contributed by atoms with Gasteiger partial charge in [0.25, 0.3) is 0 Å². The molecular weight excluding hydrogens is 215 g/mol. The highest BCUT2D eigenvalue weighted by Crippen LogP contribution is 2.44. The molecule has 0 aromatic heterocycles. The maximum atomic E-state index is 12.8. The number of nitrogens with one attached hydrogen (secondary N) is 1. The second kappa shape index (κ2) is 4.51. The van der Waals surface area contributed by atoms with Crippen molar-refractivity contribution >= 4 is 0 Å². The van der Waals surface area contributed by atoms with Gasteiger partial charge in [0.05, 0.1) is 0 Å². The van der Waals surface area contributed by atoms with Gasteiger partial charge in [-0.05, 0) is 31.1 Å². The molecule has 3 heteroatoms. The number of hydrogen-bond donors (Lipinski definition) is 1. The van der Waals surface area contributed by atoms with Gasteiger partial charge in [0, 0.05) is 31.2 Å². The topological polar surface area (TPSA) is 15.3 Å². The molecule has 1 aliphatic heterocycles. The van der Waals surface area contributed by atoms with Crippen LogP contribution in [0.2, 0.25) is 0 Å². The molecule has 2 atom stereocenters. The highest BCUT2D eigenvalue weighted by molar-refractivity contribution is 5.06. The lowest BCUT2D eigenvalue weighted by Crippen LogP contribution is -2.67. The molecule has 2 aliphatic rings. The molecule has 2 nitrogen and oxygen atoms in total. The Hall–Kier alpha value is -0.150. The van der Waals surface area contributed by atoms with Gasteiger partial charge in [0.2, 0.25) is 0 Å². The SMILES string of the molecule is CC(C)(C)C1CN(CCF)C(C)(C2CC2)CN1. The highest BCUT2D eigenvalue weighted by Gasteiger charge is 2.49. The quantitative estimate of drug-likeness (QED) is 0.818. The summed E-state index contributed by atoms with van der Waals surface area (Å²) in [6, 6.07) is 0.473. The summed E-state index contributed by atoms with van der Waals surface area (Å²) in [6.45, 7) is 11.5. The van der Waals surface area contributed by atoms with Gasteiger partial charge in [-0.15, -0.1) is 0 Å². The number of piperazine rings is 1. The first kappa shape index (κ1) is 13.3. The average molecular weight is 242 g/mol. The third kappa shape index (κ3) is 2.65. The smallest absolute Gasteiger partial charge is 0.102 e. The minimum Gasteiger partial charge on any atom is -0.310 e. The largest absolute Gasteiger partial charge is 0.310 e. The summed E-state index contributed by atoms with van der Waals surface area (Å²) in [5, 5.41) is 3.70. The number of rotatable bonds is 3. The summed E-state index contributed by atoms with van der Waals surface area (Å²) >= 11 is 0. The third-order valence-corrected chi connectivity index (χ3v) is 4.69. The van der Waals surface area contributed by atoms with Gasteiger partial charge in [0.15, 0.2) is 0 Å². The van der Waals surface area contributed by atoms with Crippen molar-refractivity contribution in [2.24, 2.45) is 11.3 Å². The van der Waals surface area contributed by atoms with E-state index in [-0.39, 0.29) is 17.6 Å². The van der Waals surface area contributed by atoms with E-state index < -0.39 is 0 Å². The molecular formula is C14H27FN2. The summed E-state index contributed by atoms with van der Waals surface area (Å²) < 4.78 is 12.8. The molecule has 2 rings (SSSR count). The van der Waals surface area contributed by atoms with Crippen LogP contribution in [-0.4, -0.2) is 42.8 Å². The second-order valence-corrected chi connectivity index (χ2v) is 7.07. The predicted octanol–water partition coefficient (Wildman–Crippen LogP) is 2.44. The average Bonchev–Trinajstić information content (AvgIpc) is 3.03. The molecule has 1 aliphatic carbocycles. The third-order valence-electron chi connectivity index (χ3n) is 4.69. The second-order valence-electron chi connectivity index (χ2n) is 7.07. The molecule has 0 spiro atoms. The predicted molar refractivity (Wildman–Crippen MR) is 69.9 cm³/mol. The van der Waals surface area contributed by atoms with Crippen LogP contribution in [0.15, 0.2) is 0 Å². The van der Waals surface area contributed by atoms with Crippen molar-refractivity contribution in [1.29, 1.82) is 0 Å². The van der Waals surface area contributed by atoms with Crippen LogP contribution in [0.25, 0.3) is 0 Å². The van der Waals surface area contributed by atoms with E-state index in [1.165, 1.54) is 12.8 Å². The number of hydrogen-bond acceptors (Lipinski definition) is 2. The van der Waals surface area contributed by atoms with Crippen molar-refractivity contribution in [3.05, 3.63) is 0 Å². The van der Waals surface area contributed by atoms with Crippen molar-refractivity contribution < 1.29 is 4.39 Å². The van der Waals surface area contributed by atoms with Crippen molar-refractivity contribution in [2.45, 2.75) is 52.1 Å². The zero-order valence-electron chi connectivity index (χ0n) is 11.7. The fraction of sp³-hybridized carbons (Fsp3) is 1.00. The summed E-state index contributed by atoms with van der Waals surface area (Å²) in [5.41, 5.74) is 0.438. The van der Waals surface area contributed by atoms with E-state index in [0.717, 1.165) is 19.0 Å². The number of alkyl halides is 1. The van der Waals surface area contributed by atoms with E-state index in [2.05, 4.69) is 37.9 Å². The first-order chi connectivity index (χ1) is 7.88. The molecule has 100 valence electrons. The molecule has 0 radical (unpaired) electrons. The molecule has 1 heterocycles. The Balaban J connectivity index is 2.07. The van der Waals surface area contributed by atoms with Crippen molar-refractivity contribution in [3.63, 3.8) is 0 Å². The Morgan fingerprint density at radius 2 is 2.00 bits per heavy atom. The van der Waals surface area contributed by atoms with Crippen LogP contribution >= 0.6 is 0 Å². The van der Waals surface area contributed by atoms with Crippen LogP contribution < -0.4 is 5.32 Å². The first-order valence-corrected chi connectivity index (χ1v) is 6.92. The summed E-state index contributed by atoms with van der Waals surface area (Å²) in [6.07, 6.45) is 2.64. The summed E-state index contributed by atoms with van der Waals surface area (Å²) in [4.78, 5) is 2.40. The molecule has 17 heavy (non-hydrogen) atoms. The molecule has 2 fully saturated rings. The molecule has 2 unspecified atom stereocenters. The molecule has 1 saturated heterocycles.